The molecule has 0 atom stereocenters. The van der Waals surface area contributed by atoms with Gasteiger partial charge in [-0.25, -0.2) is 0 Å². The zero-order valence-electron chi connectivity index (χ0n) is 11.9. The highest BCUT2D eigenvalue weighted by Gasteiger charge is 2.01. The fourth-order valence-electron chi connectivity index (χ4n) is 1.80. The van der Waals surface area contributed by atoms with Crippen LogP contribution in [0.1, 0.15) is 38.2 Å². The maximum atomic E-state index is 11.6. The minimum atomic E-state index is -0.0940. The Morgan fingerprint density at radius 2 is 1.80 bits per heavy atom. The highest BCUT2D eigenvalue weighted by molar-refractivity contribution is 5.88. The topological polar surface area (TPSA) is 84.2 Å². The van der Waals surface area contributed by atoms with E-state index in [1.807, 2.05) is 24.3 Å². The van der Waals surface area contributed by atoms with Crippen molar-refractivity contribution in [3.8, 4) is 0 Å². The molecule has 4 N–H and O–H groups in total. The van der Waals surface area contributed by atoms with E-state index >= 15 is 0 Å². The molecule has 5 nitrogen and oxygen atoms in total. The van der Waals surface area contributed by atoms with Crippen LogP contribution < -0.4 is 16.4 Å². The summed E-state index contributed by atoms with van der Waals surface area (Å²) in [5, 5.41) is 5.58. The van der Waals surface area contributed by atoms with Gasteiger partial charge in [0.2, 0.25) is 11.8 Å². The van der Waals surface area contributed by atoms with Gasteiger partial charge in [0.1, 0.15) is 0 Å². The first-order valence-corrected chi connectivity index (χ1v) is 6.95. The van der Waals surface area contributed by atoms with Gasteiger partial charge < -0.3 is 16.4 Å². The van der Waals surface area contributed by atoms with Crippen molar-refractivity contribution in [2.75, 3.05) is 11.9 Å². The smallest absolute Gasteiger partial charge is 0.221 e. The fourth-order valence-corrected chi connectivity index (χ4v) is 1.80. The van der Waals surface area contributed by atoms with E-state index in [1.165, 1.54) is 6.92 Å². The van der Waals surface area contributed by atoms with E-state index < -0.39 is 0 Å². The van der Waals surface area contributed by atoms with Crippen LogP contribution in [0.4, 0.5) is 5.69 Å². The molecule has 0 unspecified atom stereocenters. The monoisotopic (exact) mass is 277 g/mol. The van der Waals surface area contributed by atoms with Gasteiger partial charge >= 0.3 is 0 Å². The van der Waals surface area contributed by atoms with E-state index in [0.29, 0.717) is 19.5 Å². The first kappa shape index (κ1) is 16.2. The number of hydrogen-bond acceptors (Lipinski definition) is 3. The molecular weight excluding hydrogens is 254 g/mol. The lowest BCUT2D eigenvalue weighted by atomic mass is 10.1. The molecule has 1 rings (SSSR count). The largest absolute Gasteiger partial charge is 0.352 e. The molecule has 5 heteroatoms. The Labute approximate surface area is 119 Å². The van der Waals surface area contributed by atoms with Crippen molar-refractivity contribution < 1.29 is 9.59 Å². The molecule has 1 aromatic rings. The molecule has 0 bridgehead atoms. The van der Waals surface area contributed by atoms with E-state index in [2.05, 4.69) is 10.6 Å². The number of benzene rings is 1. The Hall–Kier alpha value is -1.88. The first-order valence-electron chi connectivity index (χ1n) is 6.95. The lowest BCUT2D eigenvalue weighted by Gasteiger charge is -2.07. The van der Waals surface area contributed by atoms with E-state index in [4.69, 9.17) is 5.73 Å². The van der Waals surface area contributed by atoms with Crippen LogP contribution in [0.5, 0.6) is 0 Å². The summed E-state index contributed by atoms with van der Waals surface area (Å²) in [6.45, 7) is 2.66. The zero-order valence-corrected chi connectivity index (χ0v) is 11.9. The van der Waals surface area contributed by atoms with Crippen molar-refractivity contribution in [1.82, 2.24) is 5.32 Å². The average molecular weight is 277 g/mol. The van der Waals surface area contributed by atoms with Crippen LogP contribution in [0, 0.1) is 0 Å². The summed E-state index contributed by atoms with van der Waals surface area (Å²) in [6.07, 6.45) is 3.39. The molecule has 2 amide bonds. The molecule has 0 aromatic heterocycles. The minimum absolute atomic E-state index is 0.0629. The van der Waals surface area contributed by atoms with Crippen molar-refractivity contribution in [1.29, 1.82) is 0 Å². The molecule has 0 fully saturated rings. The number of anilines is 1. The van der Waals surface area contributed by atoms with Gasteiger partial charge in [0.05, 0.1) is 0 Å². The fraction of sp³-hybridized carbons (Fsp3) is 0.467. The second-order valence-corrected chi connectivity index (χ2v) is 4.75. The van der Waals surface area contributed by atoms with E-state index in [9.17, 15) is 9.59 Å². The Morgan fingerprint density at radius 1 is 1.10 bits per heavy atom. The van der Waals surface area contributed by atoms with Gasteiger partial charge in [-0.3, -0.25) is 9.59 Å². The Bertz CT molecular complexity index is 429. The predicted octanol–water partition coefficient (Wildman–Crippen LogP) is 1.78. The first-order chi connectivity index (χ1) is 9.61. The van der Waals surface area contributed by atoms with E-state index in [1.54, 1.807) is 0 Å². The third-order valence-electron chi connectivity index (χ3n) is 2.87. The Morgan fingerprint density at radius 3 is 2.40 bits per heavy atom. The second kappa shape index (κ2) is 9.09. The quantitative estimate of drug-likeness (QED) is 0.633. The molecule has 110 valence electrons. The van der Waals surface area contributed by atoms with Gasteiger partial charge in [0.15, 0.2) is 0 Å². The summed E-state index contributed by atoms with van der Waals surface area (Å²) < 4.78 is 0. The number of nitrogens with two attached hydrogens (primary N) is 1. The number of amides is 2. The number of nitrogens with one attached hydrogen (secondary N) is 2. The number of carbonyl (C=O) groups is 2. The van der Waals surface area contributed by atoms with Gasteiger partial charge in [0, 0.05) is 25.6 Å². The predicted molar refractivity (Wildman–Crippen MR) is 80.1 cm³/mol. The van der Waals surface area contributed by atoms with Crippen molar-refractivity contribution in [3.05, 3.63) is 29.8 Å². The van der Waals surface area contributed by atoms with Crippen LogP contribution in [-0.4, -0.2) is 18.4 Å². The molecule has 0 heterocycles. The summed E-state index contributed by atoms with van der Waals surface area (Å²) in [5.41, 5.74) is 7.16. The van der Waals surface area contributed by atoms with Gasteiger partial charge in [0.25, 0.3) is 0 Å². The highest BCUT2D eigenvalue weighted by Crippen LogP contribution is 2.09. The van der Waals surface area contributed by atoms with Gasteiger partial charge in [-0.05, 0) is 37.1 Å². The third-order valence-corrected chi connectivity index (χ3v) is 2.87. The van der Waals surface area contributed by atoms with Crippen molar-refractivity contribution in [2.24, 2.45) is 5.73 Å². The molecule has 0 saturated carbocycles. The molecule has 1 aromatic carbocycles. The van der Waals surface area contributed by atoms with Crippen LogP contribution in [0.2, 0.25) is 0 Å². The van der Waals surface area contributed by atoms with Crippen LogP contribution in [0.3, 0.4) is 0 Å². The third kappa shape index (κ3) is 6.89. The molecule has 20 heavy (non-hydrogen) atoms. The van der Waals surface area contributed by atoms with E-state index in [-0.39, 0.29) is 11.8 Å². The van der Waals surface area contributed by atoms with E-state index in [0.717, 1.165) is 30.5 Å². The summed E-state index contributed by atoms with van der Waals surface area (Å²) in [6, 6.07) is 7.42. The molecular formula is C15H23N3O2. The van der Waals surface area contributed by atoms with Crippen molar-refractivity contribution in [2.45, 2.75) is 39.2 Å². The molecule has 0 radical (unpaired) electrons. The van der Waals surface area contributed by atoms with Crippen molar-refractivity contribution in [3.63, 3.8) is 0 Å². The Kier molecular flexibility index (Phi) is 7.35. The van der Waals surface area contributed by atoms with Gasteiger partial charge in [-0.15, -0.1) is 0 Å². The summed E-state index contributed by atoms with van der Waals surface area (Å²) >= 11 is 0. The SMILES string of the molecule is CC(=O)Nc1ccc(CNC(=O)CCCCCN)cc1. The average Bonchev–Trinajstić information content (AvgIpc) is 2.42. The van der Waals surface area contributed by atoms with Crippen LogP contribution in [-0.2, 0) is 16.1 Å². The van der Waals surface area contributed by atoms with Gasteiger partial charge in [-0.1, -0.05) is 18.6 Å². The molecule has 0 saturated heterocycles. The van der Waals surface area contributed by atoms with Crippen molar-refractivity contribution >= 4 is 17.5 Å². The lowest BCUT2D eigenvalue weighted by Crippen LogP contribution is -2.22. The lowest BCUT2D eigenvalue weighted by molar-refractivity contribution is -0.121. The number of unbranched alkanes of at least 4 members (excludes halogenated alkanes) is 2. The number of carbonyl (C=O) groups excluding carboxylic acids is 2. The molecule has 0 aliphatic rings. The second-order valence-electron chi connectivity index (χ2n) is 4.75. The Balaban J connectivity index is 2.27. The van der Waals surface area contributed by atoms with Crippen LogP contribution >= 0.6 is 0 Å². The minimum Gasteiger partial charge on any atom is -0.352 e. The van der Waals surface area contributed by atoms with Gasteiger partial charge in [-0.2, -0.15) is 0 Å². The normalized spacial score (nSPS) is 10.1. The highest BCUT2D eigenvalue weighted by atomic mass is 16.2. The van der Waals surface area contributed by atoms with Crippen LogP contribution in [0.15, 0.2) is 24.3 Å². The summed E-state index contributed by atoms with van der Waals surface area (Å²) in [7, 11) is 0. The summed E-state index contributed by atoms with van der Waals surface area (Å²) in [5.74, 6) is -0.0310. The molecule has 0 spiro atoms. The number of rotatable bonds is 8. The molecule has 0 aliphatic carbocycles. The maximum absolute atomic E-state index is 11.6. The molecule has 0 aliphatic heterocycles. The van der Waals surface area contributed by atoms with Crippen LogP contribution in [0.25, 0.3) is 0 Å². The maximum Gasteiger partial charge on any atom is 0.221 e. The summed E-state index contributed by atoms with van der Waals surface area (Å²) in [4.78, 5) is 22.5. The standard InChI is InChI=1S/C15H23N3O2/c1-12(19)18-14-8-6-13(7-9-14)11-17-15(20)5-3-2-4-10-16/h6-9H,2-5,10-11,16H2,1H3,(H,17,20)(H,18,19). The number of hydrogen-bond donors (Lipinski definition) is 3. The zero-order chi connectivity index (χ0) is 14.8.